The highest BCUT2D eigenvalue weighted by atomic mass is 79.9. The van der Waals surface area contributed by atoms with Crippen LogP contribution in [0.4, 0.5) is 19.0 Å². The fourth-order valence-electron chi connectivity index (χ4n) is 2.33. The van der Waals surface area contributed by atoms with Crippen LogP contribution >= 0.6 is 17.0 Å². The minimum Gasteiger partial charge on any atom is -0.383 e. The maximum absolute atomic E-state index is 13.0. The number of benzene rings is 1. The molecular formula is C15H17BrF3N3O. The highest BCUT2D eigenvalue weighted by Gasteiger charge is 2.36. The number of carbonyl (C=O) groups excluding carboxylic acids is 1. The first-order chi connectivity index (χ1) is 10.3. The first-order valence-electron chi connectivity index (χ1n) is 6.81. The van der Waals surface area contributed by atoms with Crippen LogP contribution in [0.2, 0.25) is 0 Å². The lowest BCUT2D eigenvalue weighted by Crippen LogP contribution is -2.15. The monoisotopic (exact) mass is 391 g/mol. The van der Waals surface area contributed by atoms with Crippen LogP contribution in [0.25, 0.3) is 0 Å². The lowest BCUT2D eigenvalue weighted by Gasteiger charge is -2.12. The van der Waals surface area contributed by atoms with Gasteiger partial charge in [0.05, 0.1) is 16.8 Å². The van der Waals surface area contributed by atoms with Crippen molar-refractivity contribution in [1.82, 2.24) is 9.78 Å². The van der Waals surface area contributed by atoms with Gasteiger partial charge in [0, 0.05) is 12.1 Å². The highest BCUT2D eigenvalue weighted by molar-refractivity contribution is 8.93. The van der Waals surface area contributed by atoms with Crippen molar-refractivity contribution in [2.24, 2.45) is 0 Å². The number of hydrogen-bond donors (Lipinski definition) is 1. The van der Waals surface area contributed by atoms with Crippen molar-refractivity contribution in [2.45, 2.75) is 33.0 Å². The summed E-state index contributed by atoms with van der Waals surface area (Å²) in [6, 6.07) is 4.68. The van der Waals surface area contributed by atoms with E-state index in [1.165, 1.54) is 16.8 Å². The number of alkyl halides is 3. The van der Waals surface area contributed by atoms with Crippen molar-refractivity contribution in [1.29, 1.82) is 0 Å². The fourth-order valence-corrected chi connectivity index (χ4v) is 2.33. The summed E-state index contributed by atoms with van der Waals surface area (Å²) in [5.41, 5.74) is 4.86. The second kappa shape index (κ2) is 7.16. The van der Waals surface area contributed by atoms with Gasteiger partial charge in [-0.25, -0.2) is 4.68 Å². The third-order valence-electron chi connectivity index (χ3n) is 3.31. The van der Waals surface area contributed by atoms with Gasteiger partial charge < -0.3 is 5.73 Å². The number of nitrogens with two attached hydrogens (primary N) is 1. The average Bonchev–Trinajstić information content (AvgIpc) is 2.72. The van der Waals surface area contributed by atoms with E-state index < -0.39 is 23.1 Å². The molecule has 2 rings (SSSR count). The molecule has 0 spiro atoms. The molecule has 0 bridgehead atoms. The standard InChI is InChI=1S/C15H16F3N3O.BrH/c1-3-8-21-14(19)12(9(2)20-21)13(22)10-6-4-5-7-11(10)15(16,17)18;/h4-7H,3,8,19H2,1-2H3;1H. The minimum absolute atomic E-state index is 0. The van der Waals surface area contributed by atoms with Gasteiger partial charge in [0.2, 0.25) is 0 Å². The van der Waals surface area contributed by atoms with E-state index in [1.807, 2.05) is 6.92 Å². The summed E-state index contributed by atoms with van der Waals surface area (Å²) < 4.78 is 40.6. The lowest BCUT2D eigenvalue weighted by atomic mass is 9.98. The van der Waals surface area contributed by atoms with Crippen molar-refractivity contribution < 1.29 is 18.0 Å². The molecule has 0 fully saturated rings. The summed E-state index contributed by atoms with van der Waals surface area (Å²) in [7, 11) is 0. The van der Waals surface area contributed by atoms with E-state index in [-0.39, 0.29) is 28.4 Å². The molecule has 0 radical (unpaired) electrons. The predicted molar refractivity (Wildman–Crippen MR) is 86.9 cm³/mol. The van der Waals surface area contributed by atoms with Crippen molar-refractivity contribution in [3.8, 4) is 0 Å². The Bertz CT molecular complexity index is 710. The van der Waals surface area contributed by atoms with Crippen molar-refractivity contribution in [3.05, 3.63) is 46.6 Å². The average molecular weight is 392 g/mol. The molecule has 0 aliphatic rings. The number of nitrogens with zero attached hydrogens (tertiary/aromatic N) is 2. The van der Waals surface area contributed by atoms with Crippen LogP contribution < -0.4 is 5.73 Å². The molecule has 0 aliphatic carbocycles. The van der Waals surface area contributed by atoms with Crippen molar-refractivity contribution in [3.63, 3.8) is 0 Å². The number of ketones is 1. The van der Waals surface area contributed by atoms with Crippen molar-refractivity contribution in [2.75, 3.05) is 5.73 Å². The topological polar surface area (TPSA) is 60.9 Å². The zero-order valence-corrected chi connectivity index (χ0v) is 14.4. The van der Waals surface area contributed by atoms with Gasteiger partial charge in [-0.05, 0) is 19.4 Å². The maximum atomic E-state index is 13.0. The van der Waals surface area contributed by atoms with Gasteiger partial charge in [-0.3, -0.25) is 4.79 Å². The minimum atomic E-state index is -4.60. The summed E-state index contributed by atoms with van der Waals surface area (Å²) in [5.74, 6) is -0.661. The van der Waals surface area contributed by atoms with Gasteiger partial charge in [0.1, 0.15) is 5.82 Å². The molecule has 0 atom stereocenters. The molecular weight excluding hydrogens is 375 g/mol. The van der Waals surface area contributed by atoms with Gasteiger partial charge in [0.25, 0.3) is 0 Å². The van der Waals surface area contributed by atoms with Crippen LogP contribution in [0, 0.1) is 6.92 Å². The molecule has 0 saturated heterocycles. The van der Waals surface area contributed by atoms with E-state index in [2.05, 4.69) is 5.10 Å². The normalized spacial score (nSPS) is 11.2. The Kier molecular flexibility index (Phi) is 5.98. The molecule has 0 amide bonds. The number of halogens is 4. The highest BCUT2D eigenvalue weighted by Crippen LogP contribution is 2.33. The number of rotatable bonds is 4. The van der Waals surface area contributed by atoms with E-state index >= 15 is 0 Å². The van der Waals surface area contributed by atoms with Crippen LogP contribution in [0.3, 0.4) is 0 Å². The lowest BCUT2D eigenvalue weighted by molar-refractivity contribution is -0.137. The zero-order chi connectivity index (χ0) is 16.5. The third kappa shape index (κ3) is 3.74. The third-order valence-corrected chi connectivity index (χ3v) is 3.31. The maximum Gasteiger partial charge on any atom is 0.417 e. The molecule has 126 valence electrons. The van der Waals surface area contributed by atoms with Crippen LogP contribution in [-0.2, 0) is 12.7 Å². The van der Waals surface area contributed by atoms with Gasteiger partial charge in [-0.1, -0.05) is 25.1 Å². The Morgan fingerprint density at radius 2 is 1.91 bits per heavy atom. The Morgan fingerprint density at radius 1 is 1.30 bits per heavy atom. The summed E-state index contributed by atoms with van der Waals surface area (Å²) >= 11 is 0. The van der Waals surface area contributed by atoms with E-state index in [9.17, 15) is 18.0 Å². The summed E-state index contributed by atoms with van der Waals surface area (Å²) in [6.45, 7) is 3.98. The number of aromatic nitrogens is 2. The number of anilines is 1. The van der Waals surface area contributed by atoms with Gasteiger partial charge in [-0.2, -0.15) is 18.3 Å². The molecule has 8 heteroatoms. The second-order valence-electron chi connectivity index (χ2n) is 4.94. The summed E-state index contributed by atoms with van der Waals surface area (Å²) in [6.07, 6.45) is -3.85. The van der Waals surface area contributed by atoms with Crippen LogP contribution in [-0.4, -0.2) is 15.6 Å². The smallest absolute Gasteiger partial charge is 0.383 e. The number of aryl methyl sites for hydroxylation is 2. The van der Waals surface area contributed by atoms with Gasteiger partial charge >= 0.3 is 6.18 Å². The Morgan fingerprint density at radius 3 is 2.48 bits per heavy atom. The molecule has 4 nitrogen and oxygen atoms in total. The number of nitrogen functional groups attached to an aromatic ring is 1. The SMILES string of the molecule is Br.CCCn1nc(C)c(C(=O)c2ccccc2C(F)(F)F)c1N. The molecule has 0 saturated carbocycles. The van der Waals surface area contributed by atoms with Crippen LogP contribution in [0.1, 0.15) is 40.5 Å². The van der Waals surface area contributed by atoms with Gasteiger partial charge in [-0.15, -0.1) is 17.0 Å². The molecule has 0 aliphatic heterocycles. The molecule has 2 N–H and O–H groups in total. The van der Waals surface area contributed by atoms with Crippen LogP contribution in [0.15, 0.2) is 24.3 Å². The summed E-state index contributed by atoms with van der Waals surface area (Å²) in [4.78, 5) is 12.5. The number of carbonyl (C=O) groups is 1. The first-order valence-corrected chi connectivity index (χ1v) is 6.81. The largest absolute Gasteiger partial charge is 0.417 e. The van der Waals surface area contributed by atoms with E-state index in [1.54, 1.807) is 6.92 Å². The van der Waals surface area contributed by atoms with Crippen LogP contribution in [0.5, 0.6) is 0 Å². The molecule has 1 heterocycles. The molecule has 2 aromatic rings. The first kappa shape index (κ1) is 19.2. The van der Waals surface area contributed by atoms with E-state index in [4.69, 9.17) is 5.73 Å². The number of hydrogen-bond acceptors (Lipinski definition) is 3. The Labute approximate surface area is 142 Å². The van der Waals surface area contributed by atoms with E-state index in [0.717, 1.165) is 18.6 Å². The van der Waals surface area contributed by atoms with Gasteiger partial charge in [0.15, 0.2) is 5.78 Å². The Balaban J connectivity index is 0.00000264. The fraction of sp³-hybridized carbons (Fsp3) is 0.333. The predicted octanol–water partition coefficient (Wildman–Crippen LogP) is 4.01. The molecule has 0 unspecified atom stereocenters. The Hall–Kier alpha value is -1.83. The quantitative estimate of drug-likeness (QED) is 0.800. The summed E-state index contributed by atoms with van der Waals surface area (Å²) in [5, 5.41) is 4.13. The second-order valence-corrected chi connectivity index (χ2v) is 4.94. The van der Waals surface area contributed by atoms with Crippen molar-refractivity contribution >= 4 is 28.6 Å². The molecule has 1 aromatic heterocycles. The molecule has 1 aromatic carbocycles. The van der Waals surface area contributed by atoms with E-state index in [0.29, 0.717) is 12.2 Å². The molecule has 23 heavy (non-hydrogen) atoms. The zero-order valence-electron chi connectivity index (χ0n) is 12.6.